The quantitative estimate of drug-likeness (QED) is 0.874. The average molecular weight is 355 g/mol. The van der Waals surface area contributed by atoms with Crippen molar-refractivity contribution in [2.45, 2.75) is 25.4 Å². The first kappa shape index (κ1) is 14.4. The fourth-order valence-electron chi connectivity index (χ4n) is 1.87. The second-order valence-electron chi connectivity index (χ2n) is 4.92. The van der Waals surface area contributed by atoms with Gasteiger partial charge in [-0.15, -0.1) is 0 Å². The van der Waals surface area contributed by atoms with E-state index in [2.05, 4.69) is 26.2 Å². The molecule has 6 heteroatoms. The predicted molar refractivity (Wildman–Crippen MR) is 78.2 cm³/mol. The van der Waals surface area contributed by atoms with Crippen molar-refractivity contribution in [2.75, 3.05) is 0 Å². The summed E-state index contributed by atoms with van der Waals surface area (Å²) in [5, 5.41) is 3.23. The fourth-order valence-corrected chi connectivity index (χ4v) is 2.20. The molecule has 1 aliphatic carbocycles. The van der Waals surface area contributed by atoms with Crippen molar-refractivity contribution < 1.29 is 13.5 Å². The van der Waals surface area contributed by atoms with E-state index in [4.69, 9.17) is 4.74 Å². The van der Waals surface area contributed by atoms with Crippen LogP contribution in [0.15, 0.2) is 34.9 Å². The minimum atomic E-state index is -0.526. The molecule has 1 aromatic heterocycles. The lowest BCUT2D eigenvalue weighted by Crippen LogP contribution is -2.16. The number of hydrogen-bond acceptors (Lipinski definition) is 3. The summed E-state index contributed by atoms with van der Waals surface area (Å²) >= 11 is 3.23. The first-order valence-corrected chi connectivity index (χ1v) is 7.42. The number of hydrogen-bond donors (Lipinski definition) is 1. The van der Waals surface area contributed by atoms with Crippen LogP contribution in [0.25, 0.3) is 0 Å². The monoisotopic (exact) mass is 354 g/mol. The lowest BCUT2D eigenvalue weighted by molar-refractivity contribution is 0.412. The van der Waals surface area contributed by atoms with Crippen LogP contribution in [0.4, 0.5) is 8.78 Å². The van der Waals surface area contributed by atoms with Gasteiger partial charge in [0.25, 0.3) is 5.88 Å². The molecule has 1 saturated carbocycles. The molecule has 0 atom stereocenters. The zero-order valence-electron chi connectivity index (χ0n) is 11.1. The van der Waals surface area contributed by atoms with Gasteiger partial charge in [-0.1, -0.05) is 0 Å². The van der Waals surface area contributed by atoms with Crippen LogP contribution >= 0.6 is 15.9 Å². The molecule has 0 saturated heterocycles. The molecule has 2 aromatic rings. The molecule has 110 valence electrons. The van der Waals surface area contributed by atoms with E-state index in [9.17, 15) is 8.78 Å². The van der Waals surface area contributed by atoms with Crippen LogP contribution < -0.4 is 10.1 Å². The largest absolute Gasteiger partial charge is 0.435 e. The normalized spacial score (nSPS) is 14.2. The molecule has 1 N–H and O–H groups in total. The van der Waals surface area contributed by atoms with Gasteiger partial charge in [-0.05, 0) is 47.0 Å². The van der Waals surface area contributed by atoms with Gasteiger partial charge in [0.15, 0.2) is 5.82 Å². The Kier molecular flexibility index (Phi) is 4.17. The van der Waals surface area contributed by atoms with E-state index in [-0.39, 0.29) is 11.6 Å². The van der Waals surface area contributed by atoms with Crippen molar-refractivity contribution in [3.8, 4) is 11.6 Å². The highest BCUT2D eigenvalue weighted by atomic mass is 79.9. The molecular formula is C15H13BrF2N2O. The van der Waals surface area contributed by atoms with E-state index in [1.54, 1.807) is 6.07 Å². The van der Waals surface area contributed by atoms with Gasteiger partial charge < -0.3 is 10.1 Å². The van der Waals surface area contributed by atoms with Gasteiger partial charge in [0.1, 0.15) is 11.6 Å². The Morgan fingerprint density at radius 2 is 2.10 bits per heavy atom. The Balaban J connectivity index is 1.80. The van der Waals surface area contributed by atoms with Gasteiger partial charge in [0, 0.05) is 30.4 Å². The maximum absolute atomic E-state index is 14.3. The first-order chi connectivity index (χ1) is 10.1. The Morgan fingerprint density at radius 3 is 2.86 bits per heavy atom. The summed E-state index contributed by atoms with van der Waals surface area (Å²) in [7, 11) is 0. The molecule has 3 rings (SSSR count). The second kappa shape index (κ2) is 6.07. The van der Waals surface area contributed by atoms with E-state index in [1.165, 1.54) is 24.4 Å². The van der Waals surface area contributed by atoms with Gasteiger partial charge >= 0.3 is 0 Å². The van der Waals surface area contributed by atoms with Crippen molar-refractivity contribution >= 4 is 15.9 Å². The van der Waals surface area contributed by atoms with Crippen LogP contribution in [0.1, 0.15) is 18.4 Å². The number of pyridine rings is 1. The molecule has 1 fully saturated rings. The Labute approximate surface area is 129 Å². The van der Waals surface area contributed by atoms with Gasteiger partial charge in [-0.2, -0.15) is 0 Å². The molecule has 0 bridgehead atoms. The topological polar surface area (TPSA) is 34.1 Å². The highest BCUT2D eigenvalue weighted by Gasteiger charge is 2.21. The highest BCUT2D eigenvalue weighted by Crippen LogP contribution is 2.31. The first-order valence-electron chi connectivity index (χ1n) is 6.63. The van der Waals surface area contributed by atoms with Crippen LogP contribution in [0.3, 0.4) is 0 Å². The Hall–Kier alpha value is -1.53. The van der Waals surface area contributed by atoms with E-state index >= 15 is 0 Å². The summed E-state index contributed by atoms with van der Waals surface area (Å²) in [6, 6.07) is 6.07. The summed E-state index contributed by atoms with van der Waals surface area (Å²) in [4.78, 5) is 3.88. The minimum Gasteiger partial charge on any atom is -0.435 e. The maximum Gasteiger partial charge on any atom is 0.256 e. The molecule has 0 radical (unpaired) electrons. The lowest BCUT2D eigenvalue weighted by atomic mass is 10.2. The minimum absolute atomic E-state index is 0.156. The summed E-state index contributed by atoms with van der Waals surface area (Å²) < 4.78 is 33.5. The number of nitrogens with zero attached hydrogens (tertiary/aromatic N) is 1. The van der Waals surface area contributed by atoms with Gasteiger partial charge in [0.2, 0.25) is 0 Å². The van der Waals surface area contributed by atoms with Crippen LogP contribution in [0.2, 0.25) is 0 Å². The van der Waals surface area contributed by atoms with Crippen molar-refractivity contribution in [1.82, 2.24) is 10.3 Å². The predicted octanol–water partition coefficient (Wildman–Crippen LogP) is 4.17. The van der Waals surface area contributed by atoms with Crippen molar-refractivity contribution in [3.63, 3.8) is 0 Å². The van der Waals surface area contributed by atoms with Crippen molar-refractivity contribution in [1.29, 1.82) is 0 Å². The zero-order valence-corrected chi connectivity index (χ0v) is 12.7. The molecule has 21 heavy (non-hydrogen) atoms. The Bertz CT molecular complexity index is 662. The lowest BCUT2D eigenvalue weighted by Gasteiger charge is -2.10. The smallest absolute Gasteiger partial charge is 0.256 e. The Morgan fingerprint density at radius 1 is 1.29 bits per heavy atom. The van der Waals surface area contributed by atoms with Gasteiger partial charge in [0.05, 0.1) is 4.47 Å². The molecule has 3 nitrogen and oxygen atoms in total. The number of aromatic nitrogens is 1. The van der Waals surface area contributed by atoms with Gasteiger partial charge in [-0.25, -0.2) is 13.8 Å². The van der Waals surface area contributed by atoms with Crippen molar-refractivity contribution in [3.05, 3.63) is 52.1 Å². The van der Waals surface area contributed by atoms with Crippen molar-refractivity contribution in [2.24, 2.45) is 0 Å². The summed E-state index contributed by atoms with van der Waals surface area (Å²) in [5.41, 5.74) is 0.486. The van der Waals surface area contributed by atoms with E-state index in [0.29, 0.717) is 22.6 Å². The molecule has 1 aliphatic rings. The number of rotatable bonds is 5. The van der Waals surface area contributed by atoms with Gasteiger partial charge in [-0.3, -0.25) is 0 Å². The SMILES string of the molecule is Fc1ccc(Br)c(Oc2nccc(CNC3CC3)c2F)c1. The second-order valence-corrected chi connectivity index (χ2v) is 5.78. The fraction of sp³-hybridized carbons (Fsp3) is 0.267. The van der Waals surface area contributed by atoms with E-state index < -0.39 is 11.6 Å². The molecule has 0 unspecified atom stereocenters. The van der Waals surface area contributed by atoms with E-state index in [0.717, 1.165) is 12.8 Å². The average Bonchev–Trinajstić information content (AvgIpc) is 3.28. The number of ether oxygens (including phenoxy) is 1. The summed E-state index contributed by atoms with van der Waals surface area (Å²) in [6.45, 7) is 0.430. The molecule has 1 heterocycles. The maximum atomic E-state index is 14.3. The van der Waals surface area contributed by atoms with Crippen LogP contribution in [0.5, 0.6) is 11.6 Å². The van der Waals surface area contributed by atoms with Crippen LogP contribution in [0, 0.1) is 11.6 Å². The number of halogens is 3. The van der Waals surface area contributed by atoms with Crippen LogP contribution in [-0.4, -0.2) is 11.0 Å². The number of benzene rings is 1. The molecule has 0 aliphatic heterocycles. The third-order valence-corrected chi connectivity index (χ3v) is 3.85. The third kappa shape index (κ3) is 3.57. The number of nitrogens with one attached hydrogen (secondary N) is 1. The molecule has 1 aromatic carbocycles. The van der Waals surface area contributed by atoms with Crippen LogP contribution in [-0.2, 0) is 6.54 Å². The van der Waals surface area contributed by atoms with E-state index in [1.807, 2.05) is 0 Å². The highest BCUT2D eigenvalue weighted by molar-refractivity contribution is 9.10. The molecule has 0 spiro atoms. The molecular weight excluding hydrogens is 342 g/mol. The molecule has 0 amide bonds. The standard InChI is InChI=1S/C15H13BrF2N2O/c16-12-4-1-10(17)7-13(12)21-15-14(18)9(5-6-19-15)8-20-11-2-3-11/h1,4-7,11,20H,2-3,8H2. The zero-order chi connectivity index (χ0) is 14.8. The third-order valence-electron chi connectivity index (χ3n) is 3.20. The summed E-state index contributed by atoms with van der Waals surface area (Å²) in [6.07, 6.45) is 3.74. The summed E-state index contributed by atoms with van der Waals surface area (Å²) in [5.74, 6) is -0.952.